The number of nitrogens with zero attached hydrogens (tertiary/aromatic N) is 1. The van der Waals surface area contributed by atoms with Gasteiger partial charge in [0.15, 0.2) is 0 Å². The maximum atomic E-state index is 7.54. The van der Waals surface area contributed by atoms with Crippen LogP contribution in [0, 0.1) is 5.41 Å². The molecular weight excluding hydrogens is 214 g/mol. The first-order chi connectivity index (χ1) is 8.11. The highest BCUT2D eigenvalue weighted by molar-refractivity contribution is 5.97. The van der Waals surface area contributed by atoms with Crippen molar-refractivity contribution in [3.05, 3.63) is 29.3 Å². The summed E-state index contributed by atoms with van der Waals surface area (Å²) in [5.41, 5.74) is 7.40. The molecule has 3 N–H and O–H groups in total. The maximum Gasteiger partial charge on any atom is 0.129 e. The summed E-state index contributed by atoms with van der Waals surface area (Å²) in [6, 6.07) is 6.59. The molecule has 1 aromatic carbocycles. The predicted molar refractivity (Wildman–Crippen MR) is 68.5 cm³/mol. The van der Waals surface area contributed by atoms with E-state index in [1.54, 1.807) is 7.11 Å². The van der Waals surface area contributed by atoms with Crippen molar-refractivity contribution in [1.82, 2.24) is 4.90 Å². The lowest BCUT2D eigenvalue weighted by Crippen LogP contribution is -2.20. The van der Waals surface area contributed by atoms with Crippen LogP contribution in [0.5, 0.6) is 5.75 Å². The smallest absolute Gasteiger partial charge is 0.129 e. The number of nitrogens with one attached hydrogen (secondary N) is 1. The van der Waals surface area contributed by atoms with E-state index in [-0.39, 0.29) is 5.84 Å². The predicted octanol–water partition coefficient (Wildman–Crippen LogP) is 1.57. The van der Waals surface area contributed by atoms with E-state index >= 15 is 0 Å². The van der Waals surface area contributed by atoms with Crippen molar-refractivity contribution in [2.24, 2.45) is 5.73 Å². The van der Waals surface area contributed by atoms with Crippen LogP contribution in [0.3, 0.4) is 0 Å². The highest BCUT2D eigenvalue weighted by atomic mass is 16.5. The fourth-order valence-electron chi connectivity index (χ4n) is 2.00. The fourth-order valence-corrected chi connectivity index (χ4v) is 2.00. The number of methoxy groups -OCH3 is 1. The van der Waals surface area contributed by atoms with E-state index in [9.17, 15) is 0 Å². The number of rotatable bonds is 5. The van der Waals surface area contributed by atoms with Gasteiger partial charge in [0.1, 0.15) is 11.6 Å². The lowest BCUT2D eigenvalue weighted by Gasteiger charge is -2.17. The Bertz CT molecular complexity index is 427. The molecule has 2 rings (SSSR count). The van der Waals surface area contributed by atoms with Gasteiger partial charge in [-0.3, -0.25) is 10.3 Å². The zero-order valence-corrected chi connectivity index (χ0v) is 10.4. The molecule has 0 aliphatic heterocycles. The Balaban J connectivity index is 2.17. The molecule has 0 aromatic heterocycles. The van der Waals surface area contributed by atoms with Crippen LogP contribution >= 0.6 is 0 Å². The maximum absolute atomic E-state index is 7.54. The molecular formula is C13H19N3O. The minimum absolute atomic E-state index is 0.0535. The van der Waals surface area contributed by atoms with Crippen LogP contribution in [0.25, 0.3) is 0 Å². The van der Waals surface area contributed by atoms with Gasteiger partial charge in [-0.1, -0.05) is 6.07 Å². The summed E-state index contributed by atoms with van der Waals surface area (Å²) in [4.78, 5) is 2.34. The fraction of sp³-hybridized carbons (Fsp3) is 0.462. The Morgan fingerprint density at radius 2 is 2.24 bits per heavy atom. The summed E-state index contributed by atoms with van der Waals surface area (Å²) >= 11 is 0. The highest BCUT2D eigenvalue weighted by Gasteiger charge is 2.26. The third kappa shape index (κ3) is 2.77. The number of hydrogen-bond acceptors (Lipinski definition) is 3. The van der Waals surface area contributed by atoms with Crippen molar-refractivity contribution < 1.29 is 4.74 Å². The van der Waals surface area contributed by atoms with Gasteiger partial charge in [0.25, 0.3) is 0 Å². The average Bonchev–Trinajstić information content (AvgIpc) is 3.12. The first-order valence-corrected chi connectivity index (χ1v) is 5.83. The number of nitrogen functional groups attached to an aromatic ring is 1. The van der Waals surface area contributed by atoms with Gasteiger partial charge in [-0.2, -0.15) is 0 Å². The Hall–Kier alpha value is -1.55. The minimum Gasteiger partial charge on any atom is -0.496 e. The van der Waals surface area contributed by atoms with Crippen LogP contribution in [0.2, 0.25) is 0 Å². The summed E-state index contributed by atoms with van der Waals surface area (Å²) in [6.45, 7) is 0.898. The van der Waals surface area contributed by atoms with E-state index in [1.165, 1.54) is 18.4 Å². The molecule has 17 heavy (non-hydrogen) atoms. The summed E-state index contributed by atoms with van der Waals surface area (Å²) in [5, 5.41) is 7.54. The average molecular weight is 233 g/mol. The zero-order chi connectivity index (χ0) is 12.4. The van der Waals surface area contributed by atoms with Crippen LogP contribution < -0.4 is 10.5 Å². The molecule has 0 bridgehead atoms. The van der Waals surface area contributed by atoms with Gasteiger partial charge in [0, 0.05) is 12.6 Å². The van der Waals surface area contributed by atoms with Crippen molar-refractivity contribution in [3.8, 4) is 5.75 Å². The van der Waals surface area contributed by atoms with Gasteiger partial charge >= 0.3 is 0 Å². The molecule has 1 fully saturated rings. The Morgan fingerprint density at radius 3 is 2.76 bits per heavy atom. The molecule has 0 heterocycles. The molecule has 4 heteroatoms. The molecule has 0 spiro atoms. The van der Waals surface area contributed by atoms with Crippen molar-refractivity contribution >= 4 is 5.84 Å². The Morgan fingerprint density at radius 1 is 1.53 bits per heavy atom. The third-order valence-corrected chi connectivity index (χ3v) is 3.16. The van der Waals surface area contributed by atoms with E-state index in [4.69, 9.17) is 15.9 Å². The Labute approximate surface area is 102 Å². The van der Waals surface area contributed by atoms with Gasteiger partial charge in [-0.25, -0.2) is 0 Å². The lowest BCUT2D eigenvalue weighted by atomic mass is 10.1. The monoisotopic (exact) mass is 233 g/mol. The summed E-state index contributed by atoms with van der Waals surface area (Å²) in [7, 11) is 3.73. The lowest BCUT2D eigenvalue weighted by molar-refractivity contribution is 0.316. The second-order valence-corrected chi connectivity index (χ2v) is 4.59. The van der Waals surface area contributed by atoms with Crippen molar-refractivity contribution in [3.63, 3.8) is 0 Å². The summed E-state index contributed by atoms with van der Waals surface area (Å²) in [6.07, 6.45) is 2.60. The van der Waals surface area contributed by atoms with Crippen LogP contribution in [0.4, 0.5) is 0 Å². The molecule has 0 saturated heterocycles. The summed E-state index contributed by atoms with van der Waals surface area (Å²) < 4.78 is 5.19. The third-order valence-electron chi connectivity index (χ3n) is 3.16. The second kappa shape index (κ2) is 4.75. The number of amidine groups is 1. The molecule has 0 unspecified atom stereocenters. The molecule has 4 nitrogen and oxygen atoms in total. The molecule has 0 radical (unpaired) electrons. The zero-order valence-electron chi connectivity index (χ0n) is 10.4. The minimum atomic E-state index is 0.0535. The van der Waals surface area contributed by atoms with Gasteiger partial charge in [0.2, 0.25) is 0 Å². The summed E-state index contributed by atoms with van der Waals surface area (Å²) in [5.74, 6) is 0.716. The standard InChI is InChI=1S/C13H19N3O/c1-16(10-4-5-10)8-9-3-6-12(17-2)11(7-9)13(14)15/h3,6-7,10H,4-5,8H2,1-2H3,(H3,14,15). The molecule has 92 valence electrons. The van der Waals surface area contributed by atoms with Gasteiger partial charge < -0.3 is 10.5 Å². The number of hydrogen-bond donors (Lipinski definition) is 2. The van der Waals surface area contributed by atoms with E-state index in [0.29, 0.717) is 11.3 Å². The highest BCUT2D eigenvalue weighted by Crippen LogP contribution is 2.27. The van der Waals surface area contributed by atoms with Gasteiger partial charge in [0.05, 0.1) is 12.7 Å². The molecule has 1 aromatic rings. The van der Waals surface area contributed by atoms with Crippen LogP contribution in [-0.4, -0.2) is 30.9 Å². The molecule has 1 aliphatic carbocycles. The number of nitrogens with two attached hydrogens (primary N) is 1. The SMILES string of the molecule is COc1ccc(CN(C)C2CC2)cc1C(=N)N. The normalized spacial score (nSPS) is 15.0. The van der Waals surface area contributed by atoms with Crippen molar-refractivity contribution in [1.29, 1.82) is 5.41 Å². The first-order valence-electron chi connectivity index (χ1n) is 5.83. The quantitative estimate of drug-likeness (QED) is 0.599. The topological polar surface area (TPSA) is 62.3 Å². The first kappa shape index (κ1) is 11.9. The van der Waals surface area contributed by atoms with Crippen molar-refractivity contribution in [2.75, 3.05) is 14.2 Å². The van der Waals surface area contributed by atoms with Crippen molar-refractivity contribution in [2.45, 2.75) is 25.4 Å². The number of ether oxygens (including phenoxy) is 1. The van der Waals surface area contributed by atoms with E-state index in [0.717, 1.165) is 12.6 Å². The molecule has 0 atom stereocenters. The number of benzene rings is 1. The molecule has 1 aliphatic rings. The second-order valence-electron chi connectivity index (χ2n) is 4.59. The largest absolute Gasteiger partial charge is 0.496 e. The van der Waals surface area contributed by atoms with Crippen LogP contribution in [0.15, 0.2) is 18.2 Å². The molecule has 0 amide bonds. The van der Waals surface area contributed by atoms with E-state index in [2.05, 4.69) is 11.9 Å². The van der Waals surface area contributed by atoms with Gasteiger partial charge in [-0.05, 0) is 37.6 Å². The van der Waals surface area contributed by atoms with E-state index < -0.39 is 0 Å². The van der Waals surface area contributed by atoms with Crippen LogP contribution in [-0.2, 0) is 6.54 Å². The molecule has 1 saturated carbocycles. The Kier molecular flexibility index (Phi) is 3.33. The van der Waals surface area contributed by atoms with Gasteiger partial charge in [-0.15, -0.1) is 0 Å². The van der Waals surface area contributed by atoms with Crippen LogP contribution in [0.1, 0.15) is 24.0 Å². The van der Waals surface area contributed by atoms with E-state index in [1.807, 2.05) is 18.2 Å².